The normalized spacial score (nSPS) is 12.1. The molecule has 0 aliphatic rings. The van der Waals surface area contributed by atoms with Crippen LogP contribution >= 0.6 is 11.6 Å². The maximum atomic E-state index is 13.9. The van der Waals surface area contributed by atoms with Crippen LogP contribution in [0.3, 0.4) is 0 Å². The Kier molecular flexibility index (Phi) is 8.99. The van der Waals surface area contributed by atoms with Crippen LogP contribution in [0.4, 0.5) is 5.69 Å². The van der Waals surface area contributed by atoms with Crippen LogP contribution in [0.2, 0.25) is 5.02 Å². The van der Waals surface area contributed by atoms with Gasteiger partial charge in [0.1, 0.15) is 12.6 Å². The number of carbonyl (C=O) groups is 2. The van der Waals surface area contributed by atoms with Crippen molar-refractivity contribution in [3.05, 3.63) is 94.0 Å². The number of anilines is 1. The van der Waals surface area contributed by atoms with E-state index in [0.29, 0.717) is 16.3 Å². The van der Waals surface area contributed by atoms with Crippen molar-refractivity contribution in [2.75, 3.05) is 17.9 Å². The minimum atomic E-state index is -4.13. The van der Waals surface area contributed by atoms with E-state index in [1.165, 1.54) is 24.1 Å². The lowest BCUT2D eigenvalue weighted by atomic mass is 10.1. The van der Waals surface area contributed by atoms with Crippen LogP contribution < -0.4 is 9.62 Å². The van der Waals surface area contributed by atoms with Gasteiger partial charge in [0, 0.05) is 18.6 Å². The van der Waals surface area contributed by atoms with Crippen molar-refractivity contribution < 1.29 is 18.0 Å². The summed E-state index contributed by atoms with van der Waals surface area (Å²) in [7, 11) is -2.62. The Morgan fingerprint density at radius 1 is 0.946 bits per heavy atom. The third-order valence-electron chi connectivity index (χ3n) is 6.33. The first kappa shape index (κ1) is 28.2. The molecule has 9 heteroatoms. The Hall–Kier alpha value is -3.36. The lowest BCUT2D eigenvalue weighted by Crippen LogP contribution is -2.50. The highest BCUT2D eigenvalue weighted by Crippen LogP contribution is 2.29. The molecule has 196 valence electrons. The molecule has 1 N–H and O–H groups in total. The van der Waals surface area contributed by atoms with E-state index in [9.17, 15) is 18.0 Å². The third-order valence-corrected chi connectivity index (χ3v) is 8.34. The number of rotatable bonds is 9. The van der Waals surface area contributed by atoms with Crippen LogP contribution in [0.15, 0.2) is 71.6 Å². The van der Waals surface area contributed by atoms with E-state index in [1.54, 1.807) is 44.2 Å². The molecule has 0 bridgehead atoms. The van der Waals surface area contributed by atoms with Crippen LogP contribution in [0.25, 0.3) is 0 Å². The van der Waals surface area contributed by atoms with E-state index >= 15 is 0 Å². The highest BCUT2D eigenvalue weighted by Gasteiger charge is 2.33. The molecule has 1 atom stereocenters. The van der Waals surface area contributed by atoms with Crippen LogP contribution in [0.5, 0.6) is 0 Å². The Bertz CT molecular complexity index is 1390. The molecule has 0 saturated carbocycles. The predicted octanol–water partition coefficient (Wildman–Crippen LogP) is 4.62. The van der Waals surface area contributed by atoms with Gasteiger partial charge in [-0.25, -0.2) is 8.42 Å². The van der Waals surface area contributed by atoms with Crippen molar-refractivity contribution in [2.24, 2.45) is 0 Å². The summed E-state index contributed by atoms with van der Waals surface area (Å²) in [5.74, 6) is -0.859. The number of halogens is 1. The van der Waals surface area contributed by atoms with Crippen LogP contribution in [0, 0.1) is 20.8 Å². The van der Waals surface area contributed by atoms with Crippen LogP contribution in [0.1, 0.15) is 29.2 Å². The molecular weight excluding hydrogens is 510 g/mol. The van der Waals surface area contributed by atoms with Gasteiger partial charge in [0.2, 0.25) is 11.8 Å². The fourth-order valence-corrected chi connectivity index (χ4v) is 5.72. The molecule has 0 heterocycles. The summed E-state index contributed by atoms with van der Waals surface area (Å²) >= 11 is 6.14. The van der Waals surface area contributed by atoms with Gasteiger partial charge in [-0.2, -0.15) is 0 Å². The largest absolute Gasteiger partial charge is 0.357 e. The van der Waals surface area contributed by atoms with Crippen molar-refractivity contribution in [1.29, 1.82) is 0 Å². The molecule has 0 aliphatic carbocycles. The van der Waals surface area contributed by atoms with Gasteiger partial charge < -0.3 is 10.2 Å². The second kappa shape index (κ2) is 11.8. The SMILES string of the molecule is CNC(=O)C(C)N(Cc1ccccc1C)C(=O)CN(c1ccc(Cl)cc1C)S(=O)(=O)c1ccc(C)cc1. The van der Waals surface area contributed by atoms with E-state index in [2.05, 4.69) is 5.32 Å². The number of sulfonamides is 1. The second-order valence-electron chi connectivity index (χ2n) is 8.99. The Labute approximate surface area is 224 Å². The molecule has 3 aromatic rings. The van der Waals surface area contributed by atoms with Gasteiger partial charge in [0.25, 0.3) is 10.0 Å². The minimum absolute atomic E-state index is 0.0602. The van der Waals surface area contributed by atoms with Gasteiger partial charge in [-0.15, -0.1) is 0 Å². The maximum absolute atomic E-state index is 13.9. The van der Waals surface area contributed by atoms with Crippen molar-refractivity contribution in [3.8, 4) is 0 Å². The number of nitrogens with zero attached hydrogens (tertiary/aromatic N) is 2. The Balaban J connectivity index is 2.08. The average Bonchev–Trinajstić information content (AvgIpc) is 2.86. The summed E-state index contributed by atoms with van der Waals surface area (Å²) in [5, 5.41) is 3.04. The molecule has 3 aromatic carbocycles. The zero-order chi connectivity index (χ0) is 27.3. The lowest BCUT2D eigenvalue weighted by molar-refractivity contribution is -0.139. The summed E-state index contributed by atoms with van der Waals surface area (Å²) < 4.78 is 28.8. The van der Waals surface area contributed by atoms with Gasteiger partial charge in [-0.3, -0.25) is 13.9 Å². The molecule has 1 unspecified atom stereocenters. The van der Waals surface area contributed by atoms with E-state index in [-0.39, 0.29) is 17.3 Å². The first-order valence-electron chi connectivity index (χ1n) is 11.9. The smallest absolute Gasteiger partial charge is 0.264 e. The molecule has 0 aromatic heterocycles. The summed E-state index contributed by atoms with van der Waals surface area (Å²) in [6, 6.07) is 18.0. The highest BCUT2D eigenvalue weighted by atomic mass is 35.5. The van der Waals surface area contributed by atoms with Crippen molar-refractivity contribution >= 4 is 39.1 Å². The van der Waals surface area contributed by atoms with Gasteiger partial charge in [0.05, 0.1) is 10.6 Å². The fourth-order valence-electron chi connectivity index (χ4n) is 4.01. The molecule has 7 nitrogen and oxygen atoms in total. The van der Waals surface area contributed by atoms with Crippen molar-refractivity contribution in [3.63, 3.8) is 0 Å². The number of hydrogen-bond acceptors (Lipinski definition) is 4. The van der Waals surface area contributed by atoms with Gasteiger partial charge in [-0.1, -0.05) is 53.6 Å². The summed E-state index contributed by atoms with van der Waals surface area (Å²) in [6.45, 7) is 6.81. The molecule has 37 heavy (non-hydrogen) atoms. The predicted molar refractivity (Wildman–Crippen MR) is 147 cm³/mol. The van der Waals surface area contributed by atoms with Gasteiger partial charge in [-0.05, 0) is 74.7 Å². The van der Waals surface area contributed by atoms with Gasteiger partial charge in [0.15, 0.2) is 0 Å². The standard InChI is InChI=1S/C28H32ClN3O4S/c1-19-10-13-25(14-11-19)37(35,36)32(26-15-12-24(29)16-21(26)3)18-27(33)31(22(4)28(34)30-5)17-23-9-7-6-8-20(23)2/h6-16,22H,17-18H2,1-5H3,(H,30,34). The maximum Gasteiger partial charge on any atom is 0.264 e. The topological polar surface area (TPSA) is 86.8 Å². The van der Waals surface area contributed by atoms with Crippen molar-refractivity contribution in [2.45, 2.75) is 45.2 Å². The number of amides is 2. The van der Waals surface area contributed by atoms with Crippen LogP contribution in [-0.2, 0) is 26.2 Å². The number of hydrogen-bond donors (Lipinski definition) is 1. The zero-order valence-electron chi connectivity index (χ0n) is 21.7. The Morgan fingerprint density at radius 2 is 1.59 bits per heavy atom. The van der Waals surface area contributed by atoms with E-state index in [4.69, 9.17) is 11.6 Å². The minimum Gasteiger partial charge on any atom is -0.357 e. The first-order chi connectivity index (χ1) is 17.4. The summed E-state index contributed by atoms with van der Waals surface area (Å²) in [4.78, 5) is 27.9. The molecule has 0 radical (unpaired) electrons. The molecule has 0 spiro atoms. The van der Waals surface area contributed by atoms with E-state index in [1.807, 2.05) is 38.1 Å². The Morgan fingerprint density at radius 3 is 2.19 bits per heavy atom. The monoisotopic (exact) mass is 541 g/mol. The summed E-state index contributed by atoms with van der Waals surface area (Å²) in [6.07, 6.45) is 0. The lowest BCUT2D eigenvalue weighted by Gasteiger charge is -2.32. The van der Waals surface area contributed by atoms with Crippen molar-refractivity contribution in [1.82, 2.24) is 10.2 Å². The quantitative estimate of drug-likeness (QED) is 0.428. The highest BCUT2D eigenvalue weighted by molar-refractivity contribution is 7.92. The molecule has 3 rings (SSSR count). The third kappa shape index (κ3) is 6.50. The van der Waals surface area contributed by atoms with Gasteiger partial charge >= 0.3 is 0 Å². The first-order valence-corrected chi connectivity index (χ1v) is 13.7. The number of benzene rings is 3. The zero-order valence-corrected chi connectivity index (χ0v) is 23.2. The molecule has 0 saturated heterocycles. The number of aryl methyl sites for hydroxylation is 3. The number of nitrogens with one attached hydrogen (secondary N) is 1. The second-order valence-corrected chi connectivity index (χ2v) is 11.3. The average molecular weight is 542 g/mol. The molecule has 0 aliphatic heterocycles. The molecule has 2 amide bonds. The van der Waals surface area contributed by atoms with Crippen LogP contribution in [-0.4, -0.2) is 44.8 Å². The summed E-state index contributed by atoms with van der Waals surface area (Å²) in [5.41, 5.74) is 3.67. The van der Waals surface area contributed by atoms with E-state index < -0.39 is 28.5 Å². The van der Waals surface area contributed by atoms with E-state index in [0.717, 1.165) is 21.0 Å². The number of likely N-dealkylation sites (N-methyl/N-ethyl adjacent to an activating group) is 1. The number of carbonyl (C=O) groups excluding carboxylic acids is 2. The molecular formula is C28H32ClN3O4S. The fraction of sp³-hybridized carbons (Fsp3) is 0.286. The molecule has 0 fully saturated rings.